The van der Waals surface area contributed by atoms with Crippen LogP contribution in [0.15, 0.2) is 36.4 Å². The lowest BCUT2D eigenvalue weighted by atomic mass is 10.1. The van der Waals surface area contributed by atoms with Crippen LogP contribution in [0.2, 0.25) is 0 Å². The maximum absolute atomic E-state index is 6.45. The first-order valence-corrected chi connectivity index (χ1v) is 7.61. The number of aryl methyl sites for hydroxylation is 1. The van der Waals surface area contributed by atoms with Gasteiger partial charge < -0.3 is 9.47 Å². The highest BCUT2D eigenvalue weighted by Gasteiger charge is 2.21. The summed E-state index contributed by atoms with van der Waals surface area (Å²) < 4.78 is 12.9. The van der Waals surface area contributed by atoms with Crippen molar-refractivity contribution >= 4 is 17.2 Å². The van der Waals surface area contributed by atoms with E-state index in [2.05, 4.69) is 17.4 Å². The standard InChI is InChI=1S/C17H15ClN2O2/c1-10-4-3-5-15-19-16(17(11(2)18)20(10)15)12-6-7-13-14(8-12)22-9-21-13/h3-8,11H,9H2,1-2H3. The van der Waals surface area contributed by atoms with Crippen LogP contribution in [0.3, 0.4) is 0 Å². The molecule has 22 heavy (non-hydrogen) atoms. The van der Waals surface area contributed by atoms with Crippen LogP contribution in [0.1, 0.15) is 23.7 Å². The number of hydrogen-bond donors (Lipinski definition) is 0. The second-order valence-electron chi connectivity index (χ2n) is 5.39. The van der Waals surface area contributed by atoms with Gasteiger partial charge >= 0.3 is 0 Å². The van der Waals surface area contributed by atoms with Crippen molar-refractivity contribution in [3.8, 4) is 22.8 Å². The summed E-state index contributed by atoms with van der Waals surface area (Å²) >= 11 is 6.45. The average Bonchev–Trinajstić information content (AvgIpc) is 3.10. The van der Waals surface area contributed by atoms with Crippen molar-refractivity contribution in [3.63, 3.8) is 0 Å². The summed E-state index contributed by atoms with van der Waals surface area (Å²) in [5, 5.41) is -0.156. The molecule has 1 aromatic carbocycles. The summed E-state index contributed by atoms with van der Waals surface area (Å²) in [6.45, 7) is 4.29. The molecule has 0 bridgehead atoms. The average molecular weight is 315 g/mol. The van der Waals surface area contributed by atoms with E-state index in [0.29, 0.717) is 0 Å². The molecular formula is C17H15ClN2O2. The van der Waals surface area contributed by atoms with Crippen molar-refractivity contribution in [1.29, 1.82) is 0 Å². The summed E-state index contributed by atoms with van der Waals surface area (Å²) in [5.74, 6) is 1.52. The number of nitrogens with zero attached hydrogens (tertiary/aromatic N) is 2. The lowest BCUT2D eigenvalue weighted by Crippen LogP contribution is -1.98. The van der Waals surface area contributed by atoms with E-state index in [0.717, 1.165) is 39.8 Å². The second-order valence-corrected chi connectivity index (χ2v) is 6.05. The molecule has 0 N–H and O–H groups in total. The minimum Gasteiger partial charge on any atom is -0.454 e. The Balaban J connectivity index is 1.98. The maximum Gasteiger partial charge on any atom is 0.231 e. The van der Waals surface area contributed by atoms with E-state index in [1.165, 1.54) is 0 Å². The number of halogens is 1. The maximum atomic E-state index is 6.45. The number of fused-ring (bicyclic) bond motifs is 2. The fourth-order valence-corrected chi connectivity index (χ4v) is 3.11. The molecule has 1 unspecified atom stereocenters. The van der Waals surface area contributed by atoms with Gasteiger partial charge in [0.25, 0.3) is 0 Å². The molecule has 1 aliphatic rings. The van der Waals surface area contributed by atoms with Gasteiger partial charge in [-0.1, -0.05) is 6.07 Å². The van der Waals surface area contributed by atoms with E-state index in [-0.39, 0.29) is 12.2 Å². The molecule has 0 saturated carbocycles. The lowest BCUT2D eigenvalue weighted by Gasteiger charge is -2.09. The molecule has 3 aromatic rings. The summed E-state index contributed by atoms with van der Waals surface area (Å²) in [7, 11) is 0. The van der Waals surface area contributed by atoms with Gasteiger partial charge in [0.05, 0.1) is 16.8 Å². The van der Waals surface area contributed by atoms with Crippen molar-refractivity contribution in [3.05, 3.63) is 47.8 Å². The third-order valence-electron chi connectivity index (χ3n) is 3.90. The first kappa shape index (κ1) is 13.5. The molecule has 3 heterocycles. The number of hydrogen-bond acceptors (Lipinski definition) is 3. The molecule has 4 nitrogen and oxygen atoms in total. The van der Waals surface area contributed by atoms with Gasteiger partial charge in [0.2, 0.25) is 6.79 Å². The predicted octanol–water partition coefficient (Wildman–Crippen LogP) is 4.34. The molecule has 0 spiro atoms. The number of pyridine rings is 1. The van der Waals surface area contributed by atoms with Crippen molar-refractivity contribution in [2.24, 2.45) is 0 Å². The van der Waals surface area contributed by atoms with E-state index < -0.39 is 0 Å². The molecule has 0 saturated heterocycles. The number of ether oxygens (including phenoxy) is 2. The van der Waals surface area contributed by atoms with E-state index in [9.17, 15) is 0 Å². The minimum atomic E-state index is -0.156. The van der Waals surface area contributed by atoms with Crippen LogP contribution in [0.25, 0.3) is 16.9 Å². The van der Waals surface area contributed by atoms with Crippen LogP contribution < -0.4 is 9.47 Å². The first-order valence-electron chi connectivity index (χ1n) is 7.17. The normalized spacial score (nSPS) is 14.5. The molecule has 0 fully saturated rings. The molecule has 1 atom stereocenters. The van der Waals surface area contributed by atoms with Gasteiger partial charge in [-0.15, -0.1) is 11.6 Å². The Kier molecular flexibility index (Phi) is 3.01. The zero-order valence-corrected chi connectivity index (χ0v) is 13.1. The zero-order chi connectivity index (χ0) is 15.3. The second kappa shape index (κ2) is 4.92. The number of imidazole rings is 1. The van der Waals surface area contributed by atoms with Crippen molar-refractivity contribution in [2.45, 2.75) is 19.2 Å². The van der Waals surface area contributed by atoms with Crippen molar-refractivity contribution in [2.75, 3.05) is 6.79 Å². The van der Waals surface area contributed by atoms with Gasteiger partial charge in [0.15, 0.2) is 11.5 Å². The molecule has 112 valence electrons. The summed E-state index contributed by atoms with van der Waals surface area (Å²) in [6.07, 6.45) is 0. The molecule has 1 aliphatic heterocycles. The zero-order valence-electron chi connectivity index (χ0n) is 12.3. The fraction of sp³-hybridized carbons (Fsp3) is 0.235. The molecular weight excluding hydrogens is 300 g/mol. The Morgan fingerprint density at radius 1 is 1.18 bits per heavy atom. The van der Waals surface area contributed by atoms with Crippen LogP contribution in [0.5, 0.6) is 11.5 Å². The van der Waals surface area contributed by atoms with Gasteiger partial charge in [-0.3, -0.25) is 4.40 Å². The topological polar surface area (TPSA) is 35.8 Å². The molecule has 4 rings (SSSR count). The lowest BCUT2D eigenvalue weighted by molar-refractivity contribution is 0.174. The van der Waals surface area contributed by atoms with Gasteiger partial charge in [-0.2, -0.15) is 0 Å². The largest absolute Gasteiger partial charge is 0.454 e. The first-order chi connectivity index (χ1) is 10.6. The van der Waals surface area contributed by atoms with E-state index in [1.807, 2.05) is 37.3 Å². The van der Waals surface area contributed by atoms with Gasteiger partial charge in [0, 0.05) is 11.3 Å². The van der Waals surface area contributed by atoms with Crippen LogP contribution in [0, 0.1) is 6.92 Å². The Morgan fingerprint density at radius 3 is 2.82 bits per heavy atom. The fourth-order valence-electron chi connectivity index (χ4n) is 2.90. The Hall–Kier alpha value is -2.20. The molecule has 0 aliphatic carbocycles. The van der Waals surface area contributed by atoms with Crippen LogP contribution in [-0.2, 0) is 0 Å². The summed E-state index contributed by atoms with van der Waals surface area (Å²) in [4.78, 5) is 4.77. The molecule has 0 radical (unpaired) electrons. The van der Waals surface area contributed by atoms with Gasteiger partial charge in [-0.05, 0) is 44.2 Å². The monoisotopic (exact) mass is 314 g/mol. The number of aromatic nitrogens is 2. The van der Waals surface area contributed by atoms with E-state index in [4.69, 9.17) is 26.1 Å². The third-order valence-corrected chi connectivity index (χ3v) is 4.10. The predicted molar refractivity (Wildman–Crippen MR) is 85.8 cm³/mol. The minimum absolute atomic E-state index is 0.156. The highest BCUT2D eigenvalue weighted by molar-refractivity contribution is 6.20. The van der Waals surface area contributed by atoms with Crippen LogP contribution in [-0.4, -0.2) is 16.2 Å². The van der Waals surface area contributed by atoms with Gasteiger partial charge in [0.1, 0.15) is 5.65 Å². The smallest absolute Gasteiger partial charge is 0.231 e. The van der Waals surface area contributed by atoms with Crippen molar-refractivity contribution in [1.82, 2.24) is 9.38 Å². The van der Waals surface area contributed by atoms with Gasteiger partial charge in [-0.25, -0.2) is 4.98 Å². The highest BCUT2D eigenvalue weighted by atomic mass is 35.5. The van der Waals surface area contributed by atoms with Crippen LogP contribution in [0.4, 0.5) is 0 Å². The van der Waals surface area contributed by atoms with E-state index >= 15 is 0 Å². The Morgan fingerprint density at radius 2 is 2.00 bits per heavy atom. The highest BCUT2D eigenvalue weighted by Crippen LogP contribution is 2.39. The third kappa shape index (κ3) is 1.95. The number of rotatable bonds is 2. The summed E-state index contributed by atoms with van der Waals surface area (Å²) in [5.41, 5.74) is 4.87. The summed E-state index contributed by atoms with van der Waals surface area (Å²) in [6, 6.07) is 11.9. The Bertz CT molecular complexity index is 870. The van der Waals surface area contributed by atoms with Crippen LogP contribution >= 0.6 is 11.6 Å². The number of alkyl halides is 1. The molecule has 5 heteroatoms. The quantitative estimate of drug-likeness (QED) is 0.660. The molecule has 2 aromatic heterocycles. The Labute approximate surface area is 133 Å². The van der Waals surface area contributed by atoms with Crippen molar-refractivity contribution < 1.29 is 9.47 Å². The number of benzene rings is 1. The van der Waals surface area contributed by atoms with E-state index in [1.54, 1.807) is 0 Å². The SMILES string of the molecule is Cc1cccc2nc(-c3ccc4c(c3)OCO4)c(C(C)Cl)n12. The molecule has 0 amide bonds.